The van der Waals surface area contributed by atoms with E-state index in [1.165, 1.54) is 72.8 Å². The summed E-state index contributed by atoms with van der Waals surface area (Å²) < 4.78 is 13.3. The smallest absolute Gasteiger partial charge is 0.320 e. The highest BCUT2D eigenvalue weighted by Crippen LogP contribution is 2.42. The Morgan fingerprint density at radius 2 is 0.594 bits per heavy atom. The molecule has 0 radical (unpaired) electrons. The van der Waals surface area contributed by atoms with Gasteiger partial charge in [0.1, 0.15) is 13.2 Å². The minimum atomic E-state index is -0.656. The molecule has 0 aliphatic rings. The normalized spacial score (nSPS) is 13.0. The van der Waals surface area contributed by atoms with Gasteiger partial charge in [0.2, 0.25) is 5.88 Å². The summed E-state index contributed by atoms with van der Waals surface area (Å²) in [6.07, 6.45) is 0. The summed E-state index contributed by atoms with van der Waals surface area (Å²) >= 11 is 7.06. The Morgan fingerprint density at radius 3 is 0.844 bits per heavy atom. The molecule has 512 valence electrons. The molecule has 0 N–H and O–H groups in total. The van der Waals surface area contributed by atoms with Gasteiger partial charge in [0, 0.05) is 48.7 Å². The lowest BCUT2D eigenvalue weighted by Gasteiger charge is -2.26. The lowest BCUT2D eigenvalue weighted by atomic mass is 9.80. The van der Waals surface area contributed by atoms with E-state index in [0.717, 1.165) is 59.8 Å². The fourth-order valence-electron chi connectivity index (χ4n) is 10.9. The molecule has 0 amide bonds. The predicted molar refractivity (Wildman–Crippen MR) is 408 cm³/mol. The lowest BCUT2D eigenvalue weighted by Crippen LogP contribution is -2.17. The molecule has 0 saturated carbocycles. The Labute approximate surface area is 591 Å². The molecule has 10 nitrogen and oxygen atoms in total. The predicted octanol–water partition coefficient (Wildman–Crippen LogP) is 24.2. The van der Waals surface area contributed by atoms with Gasteiger partial charge in [0.05, 0.1) is 21.3 Å². The van der Waals surface area contributed by atoms with Crippen LogP contribution in [0.15, 0.2) is 141 Å². The Bertz CT molecular complexity index is 3850. The fourth-order valence-corrected chi connectivity index (χ4v) is 14.8. The number of thioether (sulfide) groups is 4. The van der Waals surface area contributed by atoms with E-state index in [0.29, 0.717) is 0 Å². The number of nitro benzene ring substituents is 2. The van der Waals surface area contributed by atoms with Crippen LogP contribution in [0.5, 0.6) is 11.9 Å². The number of rotatable bonds is 20. The molecule has 0 bridgehead atoms. The highest BCUT2D eigenvalue weighted by atomic mass is 32.2. The molecule has 0 spiro atoms. The maximum Gasteiger partial charge on any atom is 0.320 e. The Morgan fingerprint density at radius 1 is 0.323 bits per heavy atom. The molecule has 0 aliphatic carbocycles. The third kappa shape index (κ3) is 20.4. The number of non-ortho nitro benzene ring substituents is 2. The van der Waals surface area contributed by atoms with Gasteiger partial charge in [-0.05, 0) is 158 Å². The molecule has 0 atom stereocenters. The van der Waals surface area contributed by atoms with Gasteiger partial charge in [-0.25, -0.2) is 0 Å². The van der Waals surface area contributed by atoms with Crippen LogP contribution >= 0.6 is 47.0 Å². The van der Waals surface area contributed by atoms with Crippen LogP contribution in [0, 0.1) is 20.2 Å². The monoisotopic (exact) mass is 1370 g/mol. The number of nitro groups is 2. The molecule has 8 aromatic rings. The number of fused-ring (bicyclic) bond motifs is 1. The first-order valence-electron chi connectivity index (χ1n) is 33.4. The van der Waals surface area contributed by atoms with Crippen molar-refractivity contribution in [2.45, 2.75) is 265 Å². The van der Waals surface area contributed by atoms with Crippen LogP contribution in [0.4, 0.5) is 11.4 Å². The van der Waals surface area contributed by atoms with E-state index in [1.54, 1.807) is 47.0 Å². The fraction of sp³-hybridized carbons (Fsp3) is 0.463. The summed E-state index contributed by atoms with van der Waals surface area (Å²) in [7, 11) is 0. The van der Waals surface area contributed by atoms with Crippen LogP contribution in [0.25, 0.3) is 10.9 Å². The van der Waals surface area contributed by atoms with E-state index in [2.05, 4.69) is 280 Å². The molecule has 0 aliphatic heterocycles. The van der Waals surface area contributed by atoms with Crippen molar-refractivity contribution >= 4 is 69.3 Å². The SMILES string of the molecule is CC(C)(C)c1cc(CSc2cc(COc3nc(OCc4cc(SCc5cc(C(C)(C)C)cc(C(C)(C)C)c5)cc(SCc5cc(C(C)(C)C)cc(C(C)(C)C)c5)c4)c4cc([N+](=O)[O-])cc([N+](=O)[O-])c4n3)cc(SCc3cc(C(C)(C)C)cc(C(C)(C)C)c3)c2)cc(C(C)(C)C)c1. The van der Waals surface area contributed by atoms with Gasteiger partial charge in [0.15, 0.2) is 5.52 Å². The molecule has 8 rings (SSSR count). The zero-order valence-electron chi connectivity index (χ0n) is 61.7. The largest absolute Gasteiger partial charge is 0.472 e. The topological polar surface area (TPSA) is 131 Å². The Kier molecular flexibility index (Phi) is 22.7. The molecular formula is C82H104N4O6S4. The van der Waals surface area contributed by atoms with Crippen molar-refractivity contribution < 1.29 is 19.3 Å². The summed E-state index contributed by atoms with van der Waals surface area (Å²) in [5, 5.41) is 25.5. The van der Waals surface area contributed by atoms with Crippen LogP contribution in [0.3, 0.4) is 0 Å². The second-order valence-corrected chi connectivity index (χ2v) is 38.4. The van der Waals surface area contributed by atoms with Crippen LogP contribution in [0.2, 0.25) is 0 Å². The maximum absolute atomic E-state index is 12.9. The minimum Gasteiger partial charge on any atom is -0.472 e. The summed E-state index contributed by atoms with van der Waals surface area (Å²) in [6.45, 7) is 54.2. The number of nitrogens with zero attached hydrogens (tertiary/aromatic N) is 4. The van der Waals surface area contributed by atoms with Gasteiger partial charge in [-0.1, -0.05) is 239 Å². The van der Waals surface area contributed by atoms with Gasteiger partial charge in [-0.15, -0.1) is 47.0 Å². The molecule has 1 heterocycles. The summed E-state index contributed by atoms with van der Waals surface area (Å²) in [5.41, 5.74) is 15.5. The number of hydrogen-bond acceptors (Lipinski definition) is 12. The van der Waals surface area contributed by atoms with Gasteiger partial charge >= 0.3 is 11.7 Å². The molecule has 7 aromatic carbocycles. The zero-order chi connectivity index (χ0) is 71.1. The van der Waals surface area contributed by atoms with Crippen molar-refractivity contribution in [3.05, 3.63) is 219 Å². The average molecular weight is 1370 g/mol. The second-order valence-electron chi connectivity index (χ2n) is 34.2. The first-order valence-corrected chi connectivity index (χ1v) is 37.4. The van der Waals surface area contributed by atoms with Crippen LogP contribution in [-0.4, -0.2) is 19.8 Å². The molecule has 96 heavy (non-hydrogen) atoms. The Balaban J connectivity index is 1.18. The number of hydrogen-bond donors (Lipinski definition) is 0. The third-order valence-electron chi connectivity index (χ3n) is 17.3. The molecule has 0 fully saturated rings. The van der Waals surface area contributed by atoms with Gasteiger partial charge < -0.3 is 9.47 Å². The van der Waals surface area contributed by atoms with E-state index in [-0.39, 0.29) is 79.3 Å². The number of ether oxygens (including phenoxy) is 2. The van der Waals surface area contributed by atoms with Crippen LogP contribution < -0.4 is 9.47 Å². The lowest BCUT2D eigenvalue weighted by molar-refractivity contribution is -0.393. The minimum absolute atomic E-state index is 0.0146. The van der Waals surface area contributed by atoms with Crippen molar-refractivity contribution in [1.29, 1.82) is 0 Å². The molecule has 0 saturated heterocycles. The molecule has 1 aromatic heterocycles. The summed E-state index contributed by atoms with van der Waals surface area (Å²) in [5.74, 6) is 2.86. The van der Waals surface area contributed by atoms with Crippen molar-refractivity contribution in [2.24, 2.45) is 0 Å². The van der Waals surface area contributed by atoms with E-state index in [4.69, 9.17) is 14.5 Å². The third-order valence-corrected chi connectivity index (χ3v) is 21.4. The Hall–Kier alpha value is -6.32. The van der Waals surface area contributed by atoms with Crippen molar-refractivity contribution in [1.82, 2.24) is 9.97 Å². The highest BCUT2D eigenvalue weighted by Gasteiger charge is 2.29. The van der Waals surface area contributed by atoms with Gasteiger partial charge in [0.25, 0.3) is 5.69 Å². The highest BCUT2D eigenvalue weighted by molar-refractivity contribution is 7.99. The number of benzene rings is 7. The van der Waals surface area contributed by atoms with E-state index >= 15 is 0 Å². The van der Waals surface area contributed by atoms with Crippen LogP contribution in [0.1, 0.15) is 244 Å². The van der Waals surface area contributed by atoms with Gasteiger partial charge in [-0.3, -0.25) is 20.2 Å². The van der Waals surface area contributed by atoms with Crippen molar-refractivity contribution in [3.63, 3.8) is 0 Å². The van der Waals surface area contributed by atoms with Crippen molar-refractivity contribution in [3.8, 4) is 11.9 Å². The molecular weight excluding hydrogens is 1270 g/mol. The summed E-state index contributed by atoms with van der Waals surface area (Å²) in [4.78, 5) is 37.8. The second kappa shape index (κ2) is 28.9. The standard InChI is InChI=1S/C82H104N4O6S4/c1-75(2,3)57-25-53(26-58(37-57)76(4,5)6)47-93-66-33-51(34-67(43-66)94-48-54-27-59(77(7,8)9)38-60(28-54)78(10,11)12)45-91-73-70-41-65(85(87)88)42-71(86(89)90)72(70)83-74(84-73)92-46-52-35-68(95-49-55-29-61(79(13,14)15)39-62(30-55)80(16,17)18)44-69(36-52)96-50-56-31-63(81(19,20)21)40-64(32-56)82(22,23)24/h25-44H,45-50H2,1-24H3. The first-order chi connectivity index (χ1) is 44.1. The van der Waals surface area contributed by atoms with E-state index in [9.17, 15) is 20.2 Å². The maximum atomic E-state index is 12.9. The van der Waals surface area contributed by atoms with Gasteiger partial charge in [-0.2, -0.15) is 9.97 Å². The van der Waals surface area contributed by atoms with Crippen molar-refractivity contribution in [2.75, 3.05) is 0 Å². The number of aromatic nitrogens is 2. The summed E-state index contributed by atoms with van der Waals surface area (Å²) in [6, 6.07) is 43.1. The molecule has 0 unspecified atom stereocenters. The molecule has 14 heteroatoms. The quantitative estimate of drug-likeness (QED) is 0.0409. The van der Waals surface area contributed by atoms with Crippen LogP contribution in [-0.2, 0) is 79.5 Å². The average Bonchev–Trinajstić information content (AvgIpc) is 0.761. The first kappa shape index (κ1) is 75.5. The van der Waals surface area contributed by atoms with E-state index < -0.39 is 21.2 Å². The van der Waals surface area contributed by atoms with E-state index in [1.807, 2.05) is 0 Å². The zero-order valence-corrected chi connectivity index (χ0v) is 64.9.